The molecule has 0 aliphatic carbocycles. The molecule has 0 saturated heterocycles. The second-order valence-electron chi connectivity index (χ2n) is 14.8. The molecule has 0 saturated carbocycles. The largest absolute Gasteiger partial charge is 0.252 e. The van der Waals surface area contributed by atoms with Crippen molar-refractivity contribution in [1.82, 2.24) is 0 Å². The first-order valence-electron chi connectivity index (χ1n) is 19.8. The van der Waals surface area contributed by atoms with Crippen molar-refractivity contribution >= 4 is 60.1 Å². The number of allylic oxidation sites excluding steroid dienone is 3. The van der Waals surface area contributed by atoms with Gasteiger partial charge in [-0.05, 0) is 107 Å². The lowest BCUT2D eigenvalue weighted by atomic mass is 9.87. The Balaban J connectivity index is 1.11. The van der Waals surface area contributed by atoms with Gasteiger partial charge in [-0.25, -0.2) is 0 Å². The molecule has 0 N–H and O–H groups in total. The molecule has 0 spiro atoms. The number of hydrogen-bond donors (Lipinski definition) is 0. The van der Waals surface area contributed by atoms with E-state index in [9.17, 15) is 0 Å². The third-order valence-electron chi connectivity index (χ3n) is 11.7. The van der Waals surface area contributed by atoms with Crippen LogP contribution in [0.4, 0.5) is 0 Å². The highest BCUT2D eigenvalue weighted by molar-refractivity contribution is 6.26. The van der Waals surface area contributed by atoms with Crippen molar-refractivity contribution in [2.75, 3.05) is 0 Å². The summed E-state index contributed by atoms with van der Waals surface area (Å²) in [6.45, 7) is 2.27. The molecule has 10 rings (SSSR count). The van der Waals surface area contributed by atoms with E-state index in [1.54, 1.807) is 0 Å². The average Bonchev–Trinajstić information content (AvgIpc) is 3.27. The van der Waals surface area contributed by atoms with Crippen molar-refractivity contribution < 1.29 is 0 Å². The minimum atomic E-state index is 0.830. The Bertz CT molecular complexity index is 2980. The minimum absolute atomic E-state index is 0.830. The van der Waals surface area contributed by atoms with Gasteiger partial charge < -0.3 is 0 Å². The Labute approximate surface area is 328 Å². The highest BCUT2D eigenvalue weighted by Crippen LogP contribution is 2.42. The first kappa shape index (κ1) is 33.7. The van der Waals surface area contributed by atoms with Gasteiger partial charge in [-0.1, -0.05) is 201 Å². The molecule has 9 aromatic rings. The van der Waals surface area contributed by atoms with E-state index >= 15 is 0 Å². The van der Waals surface area contributed by atoms with E-state index in [0.717, 1.165) is 36.2 Å². The SMILES string of the molecule is CC/C1=C(\c2ccccc2)C/C=C(c2ccc(-c3c(-c4ccc5c6ccccc6c6ccccc6c5c4)ccc4ccccc34)cc2)\N=C(\c2ccccc2)C1. The molecule has 0 radical (unpaired) electrons. The van der Waals surface area contributed by atoms with Crippen LogP contribution in [0.15, 0.2) is 205 Å². The molecular weight excluding hydrogens is 675 g/mol. The lowest BCUT2D eigenvalue weighted by Gasteiger charge is -2.20. The molecule has 0 atom stereocenters. The predicted molar refractivity (Wildman–Crippen MR) is 241 cm³/mol. The topological polar surface area (TPSA) is 12.4 Å². The van der Waals surface area contributed by atoms with E-state index in [0.29, 0.717) is 0 Å². The third kappa shape index (κ3) is 6.03. The zero-order valence-corrected chi connectivity index (χ0v) is 31.5. The van der Waals surface area contributed by atoms with E-state index < -0.39 is 0 Å². The summed E-state index contributed by atoms with van der Waals surface area (Å²) in [6, 6.07) is 68.8. The van der Waals surface area contributed by atoms with Gasteiger partial charge in [0.05, 0.1) is 11.4 Å². The van der Waals surface area contributed by atoms with Gasteiger partial charge in [0, 0.05) is 6.42 Å². The van der Waals surface area contributed by atoms with Gasteiger partial charge >= 0.3 is 0 Å². The van der Waals surface area contributed by atoms with Crippen LogP contribution in [0.25, 0.3) is 76.6 Å². The summed E-state index contributed by atoms with van der Waals surface area (Å²) in [5, 5.41) is 10.2. The number of rotatable bonds is 6. The van der Waals surface area contributed by atoms with Crippen LogP contribution < -0.4 is 0 Å². The van der Waals surface area contributed by atoms with Crippen molar-refractivity contribution in [3.05, 3.63) is 216 Å². The quantitative estimate of drug-likeness (QED) is 0.152. The van der Waals surface area contributed by atoms with Crippen LogP contribution in [0, 0.1) is 0 Å². The first-order valence-corrected chi connectivity index (χ1v) is 19.8. The zero-order valence-electron chi connectivity index (χ0n) is 31.5. The summed E-state index contributed by atoms with van der Waals surface area (Å²) < 4.78 is 0. The summed E-state index contributed by atoms with van der Waals surface area (Å²) >= 11 is 0. The van der Waals surface area contributed by atoms with Gasteiger partial charge in [0.1, 0.15) is 0 Å². The van der Waals surface area contributed by atoms with E-state index in [4.69, 9.17) is 4.99 Å². The fourth-order valence-corrected chi connectivity index (χ4v) is 8.87. The molecule has 56 heavy (non-hydrogen) atoms. The molecule has 0 unspecified atom stereocenters. The molecular formula is C55H41N. The number of fused-ring (bicyclic) bond motifs is 7. The molecule has 0 bridgehead atoms. The van der Waals surface area contributed by atoms with Crippen molar-refractivity contribution in [3.63, 3.8) is 0 Å². The van der Waals surface area contributed by atoms with Crippen molar-refractivity contribution in [3.8, 4) is 22.3 Å². The molecule has 1 aliphatic rings. The molecule has 0 fully saturated rings. The van der Waals surface area contributed by atoms with Crippen LogP contribution in [0.1, 0.15) is 42.9 Å². The van der Waals surface area contributed by atoms with Crippen LogP contribution in [0.2, 0.25) is 0 Å². The van der Waals surface area contributed by atoms with Crippen LogP contribution in [-0.4, -0.2) is 5.71 Å². The maximum absolute atomic E-state index is 5.44. The molecule has 1 nitrogen and oxygen atoms in total. The van der Waals surface area contributed by atoms with Gasteiger partial charge in [0.2, 0.25) is 0 Å². The number of nitrogens with zero attached hydrogens (tertiary/aromatic N) is 1. The summed E-state index contributed by atoms with van der Waals surface area (Å²) in [7, 11) is 0. The lowest BCUT2D eigenvalue weighted by Crippen LogP contribution is -2.07. The molecule has 9 aromatic carbocycles. The smallest absolute Gasteiger partial charge is 0.0669 e. The number of benzene rings is 9. The maximum atomic E-state index is 5.44. The standard InChI is InChI=1S/C55H41N/c1-2-37-36-54(40-18-7-4-8-19-40)56-53(34-33-44(37)38-15-5-3-6-16-38)41-25-27-42(28-26-41)55-45-20-10-9-17-39(45)29-31-46(55)43-30-32-51-49-23-12-11-21-47(49)48-22-13-14-24-50(48)52(51)35-43/h3-32,34-35H,2,33,36H2,1H3/b44-37+,53-34-,56-54+. The minimum Gasteiger partial charge on any atom is -0.252 e. The second-order valence-corrected chi connectivity index (χ2v) is 14.8. The van der Waals surface area contributed by atoms with E-state index in [2.05, 4.69) is 201 Å². The van der Waals surface area contributed by atoms with Gasteiger partial charge in [0.25, 0.3) is 0 Å². The molecule has 1 heterocycles. The summed E-state index contributed by atoms with van der Waals surface area (Å²) in [4.78, 5) is 5.44. The zero-order chi connectivity index (χ0) is 37.4. The monoisotopic (exact) mass is 715 g/mol. The highest BCUT2D eigenvalue weighted by Gasteiger charge is 2.18. The Hall–Kier alpha value is -6.83. The highest BCUT2D eigenvalue weighted by atomic mass is 14.8. The number of aliphatic imine (C=N–C) groups is 1. The molecule has 1 aliphatic heterocycles. The van der Waals surface area contributed by atoms with Gasteiger partial charge in [-0.3, -0.25) is 4.99 Å². The Morgan fingerprint density at radius 2 is 0.964 bits per heavy atom. The van der Waals surface area contributed by atoms with E-state index in [-0.39, 0.29) is 0 Å². The Morgan fingerprint density at radius 3 is 1.62 bits per heavy atom. The van der Waals surface area contributed by atoms with Gasteiger partial charge in [-0.2, -0.15) is 0 Å². The normalized spacial score (nSPS) is 16.7. The van der Waals surface area contributed by atoms with Crippen molar-refractivity contribution in [1.29, 1.82) is 0 Å². The lowest BCUT2D eigenvalue weighted by molar-refractivity contribution is 1.04. The van der Waals surface area contributed by atoms with Crippen LogP contribution in [-0.2, 0) is 0 Å². The summed E-state index contributed by atoms with van der Waals surface area (Å²) in [5.74, 6) is 0. The summed E-state index contributed by atoms with van der Waals surface area (Å²) in [6.07, 6.45) is 5.00. The van der Waals surface area contributed by atoms with Crippen molar-refractivity contribution in [2.45, 2.75) is 26.2 Å². The fourth-order valence-electron chi connectivity index (χ4n) is 8.87. The second kappa shape index (κ2) is 14.4. The van der Waals surface area contributed by atoms with Gasteiger partial charge in [0.15, 0.2) is 0 Å². The Morgan fingerprint density at radius 1 is 0.429 bits per heavy atom. The van der Waals surface area contributed by atoms with E-state index in [1.807, 2.05) is 0 Å². The van der Waals surface area contributed by atoms with Crippen LogP contribution in [0.3, 0.4) is 0 Å². The average molecular weight is 716 g/mol. The summed E-state index contributed by atoms with van der Waals surface area (Å²) in [5.41, 5.74) is 13.5. The van der Waals surface area contributed by atoms with E-state index in [1.165, 1.54) is 87.6 Å². The Kier molecular flexibility index (Phi) is 8.69. The first-order chi connectivity index (χ1) is 27.7. The van der Waals surface area contributed by atoms with Gasteiger partial charge in [-0.15, -0.1) is 0 Å². The third-order valence-corrected chi connectivity index (χ3v) is 11.7. The predicted octanol–water partition coefficient (Wildman–Crippen LogP) is 15.1. The molecule has 1 heteroatoms. The fraction of sp³-hybridized carbons (Fsp3) is 0.0727. The molecule has 266 valence electrons. The maximum Gasteiger partial charge on any atom is 0.0669 e. The van der Waals surface area contributed by atoms with Crippen LogP contribution in [0.5, 0.6) is 0 Å². The number of hydrogen-bond acceptors (Lipinski definition) is 1. The van der Waals surface area contributed by atoms with Crippen LogP contribution >= 0.6 is 0 Å². The molecule has 0 amide bonds. The van der Waals surface area contributed by atoms with Crippen molar-refractivity contribution in [2.24, 2.45) is 4.99 Å². The molecule has 0 aromatic heterocycles.